The van der Waals surface area contributed by atoms with Crippen LogP contribution in [0.2, 0.25) is 0 Å². The number of oxime groups is 1. The van der Waals surface area contributed by atoms with Crippen LogP contribution >= 0.6 is 0 Å². The molecule has 0 aliphatic heterocycles. The van der Waals surface area contributed by atoms with Gasteiger partial charge in [-0.05, 0) is 18.1 Å². The fraction of sp³-hybridized carbons (Fsp3) is 0.133. The van der Waals surface area contributed by atoms with Crippen LogP contribution in [0.15, 0.2) is 71.9 Å². The first-order valence-corrected chi connectivity index (χ1v) is 5.52. The van der Waals surface area contributed by atoms with Gasteiger partial charge in [0.1, 0.15) is 0 Å². The van der Waals surface area contributed by atoms with Gasteiger partial charge in [-0.1, -0.05) is 66.4 Å². The summed E-state index contributed by atoms with van der Waals surface area (Å²) in [6.45, 7) is 5.58. The largest absolute Gasteiger partial charge is 0.411 e. The van der Waals surface area contributed by atoms with E-state index in [0.717, 1.165) is 11.1 Å². The first-order chi connectivity index (χ1) is 8.31. The minimum absolute atomic E-state index is 0.599. The van der Waals surface area contributed by atoms with Crippen LogP contribution in [-0.2, 0) is 6.42 Å². The van der Waals surface area contributed by atoms with E-state index in [1.54, 1.807) is 6.08 Å². The summed E-state index contributed by atoms with van der Waals surface area (Å²) in [6.07, 6.45) is 7.93. The Hall–Kier alpha value is -2.09. The quantitative estimate of drug-likeness (QED) is 0.353. The van der Waals surface area contributed by atoms with Crippen molar-refractivity contribution in [3.05, 3.63) is 72.4 Å². The normalized spacial score (nSPS) is 13.0. The Morgan fingerprint density at radius 2 is 2.06 bits per heavy atom. The summed E-state index contributed by atoms with van der Waals surface area (Å²) < 4.78 is 0. The van der Waals surface area contributed by atoms with Gasteiger partial charge in [-0.15, -0.1) is 0 Å². The van der Waals surface area contributed by atoms with Crippen LogP contribution in [0.1, 0.15) is 12.5 Å². The lowest BCUT2D eigenvalue weighted by molar-refractivity contribution is 0.318. The highest BCUT2D eigenvalue weighted by atomic mass is 16.4. The Balaban J connectivity index is 2.92. The molecule has 1 N–H and O–H groups in total. The van der Waals surface area contributed by atoms with Crippen molar-refractivity contribution in [2.45, 2.75) is 13.3 Å². The van der Waals surface area contributed by atoms with Crippen molar-refractivity contribution in [2.24, 2.45) is 5.16 Å². The number of allylic oxidation sites excluding steroid dienone is 5. The molecule has 1 rings (SSSR count). The second-order valence-electron chi connectivity index (χ2n) is 3.57. The highest BCUT2D eigenvalue weighted by Crippen LogP contribution is 2.09. The average Bonchev–Trinajstić information content (AvgIpc) is 2.37. The van der Waals surface area contributed by atoms with Gasteiger partial charge >= 0.3 is 0 Å². The van der Waals surface area contributed by atoms with Gasteiger partial charge in [-0.2, -0.15) is 0 Å². The van der Waals surface area contributed by atoms with Gasteiger partial charge in [0.2, 0.25) is 0 Å². The summed E-state index contributed by atoms with van der Waals surface area (Å²) >= 11 is 0. The minimum Gasteiger partial charge on any atom is -0.411 e. The first-order valence-electron chi connectivity index (χ1n) is 5.52. The number of hydrogen-bond donors (Lipinski definition) is 1. The van der Waals surface area contributed by atoms with E-state index < -0.39 is 0 Å². The zero-order valence-corrected chi connectivity index (χ0v) is 10.0. The van der Waals surface area contributed by atoms with Crippen molar-refractivity contribution in [3.8, 4) is 0 Å². The van der Waals surface area contributed by atoms with Crippen molar-refractivity contribution in [1.29, 1.82) is 0 Å². The molecule has 88 valence electrons. The van der Waals surface area contributed by atoms with Crippen LogP contribution in [0.4, 0.5) is 0 Å². The molecule has 0 unspecified atom stereocenters. The molecule has 0 heterocycles. The van der Waals surface area contributed by atoms with Crippen molar-refractivity contribution in [1.82, 2.24) is 0 Å². The van der Waals surface area contributed by atoms with Crippen LogP contribution in [0.5, 0.6) is 0 Å². The van der Waals surface area contributed by atoms with E-state index >= 15 is 0 Å². The minimum atomic E-state index is 0.599. The molecule has 0 spiro atoms. The van der Waals surface area contributed by atoms with E-state index in [1.807, 2.05) is 55.5 Å². The third-order valence-corrected chi connectivity index (χ3v) is 2.31. The maximum absolute atomic E-state index is 9.09. The van der Waals surface area contributed by atoms with E-state index in [1.165, 1.54) is 0 Å². The van der Waals surface area contributed by atoms with Crippen LogP contribution < -0.4 is 0 Å². The van der Waals surface area contributed by atoms with E-state index in [2.05, 4.69) is 11.7 Å². The van der Waals surface area contributed by atoms with E-state index in [9.17, 15) is 0 Å². The van der Waals surface area contributed by atoms with E-state index in [-0.39, 0.29) is 0 Å². The molecule has 0 bridgehead atoms. The summed E-state index contributed by atoms with van der Waals surface area (Å²) in [5.74, 6) is 0. The molecular weight excluding hydrogens is 210 g/mol. The zero-order valence-electron chi connectivity index (χ0n) is 10.0. The predicted octanol–water partition coefficient (Wildman–Crippen LogP) is 3.75. The van der Waals surface area contributed by atoms with Crippen LogP contribution in [0.3, 0.4) is 0 Å². The van der Waals surface area contributed by atoms with Crippen molar-refractivity contribution in [2.75, 3.05) is 0 Å². The topological polar surface area (TPSA) is 32.6 Å². The molecule has 2 nitrogen and oxygen atoms in total. The second-order valence-corrected chi connectivity index (χ2v) is 3.57. The monoisotopic (exact) mass is 227 g/mol. The Kier molecular flexibility index (Phi) is 5.52. The summed E-state index contributed by atoms with van der Waals surface area (Å²) in [6, 6.07) is 9.91. The van der Waals surface area contributed by atoms with Crippen LogP contribution in [0.25, 0.3) is 0 Å². The number of rotatable bonds is 5. The predicted molar refractivity (Wildman–Crippen MR) is 72.5 cm³/mol. The molecular formula is C15H17NO. The standard InChI is InChI=1S/C15H17NO/c1-3-8-14(9-4-2)15(16-17)12-13-10-6-5-7-11-13/h3-11,17H,1,12H2,2H3/b9-4-,14-8+,16-15+. The molecule has 0 fully saturated rings. The molecule has 1 aromatic carbocycles. The summed E-state index contributed by atoms with van der Waals surface area (Å²) in [4.78, 5) is 0. The molecule has 0 saturated carbocycles. The van der Waals surface area contributed by atoms with Gasteiger partial charge in [0.25, 0.3) is 0 Å². The third-order valence-electron chi connectivity index (χ3n) is 2.31. The van der Waals surface area contributed by atoms with Gasteiger partial charge < -0.3 is 5.21 Å². The summed E-state index contributed by atoms with van der Waals surface area (Å²) in [7, 11) is 0. The number of nitrogens with zero attached hydrogens (tertiary/aromatic N) is 1. The SMILES string of the molecule is C=C/C=C(\C=C/C)C(/Cc1ccccc1)=N/O. The van der Waals surface area contributed by atoms with E-state index in [0.29, 0.717) is 12.1 Å². The molecule has 0 amide bonds. The van der Waals surface area contributed by atoms with Crippen molar-refractivity contribution in [3.63, 3.8) is 0 Å². The van der Waals surface area contributed by atoms with Crippen molar-refractivity contribution >= 4 is 5.71 Å². The van der Waals surface area contributed by atoms with Gasteiger partial charge in [0, 0.05) is 6.42 Å². The molecule has 0 saturated heterocycles. The first kappa shape index (κ1) is 13.0. The molecule has 0 aliphatic rings. The Morgan fingerprint density at radius 1 is 1.35 bits per heavy atom. The highest BCUT2D eigenvalue weighted by molar-refractivity contribution is 6.03. The average molecular weight is 227 g/mol. The molecule has 0 aromatic heterocycles. The maximum Gasteiger partial charge on any atom is 0.0911 e. The lowest BCUT2D eigenvalue weighted by Gasteiger charge is -2.05. The van der Waals surface area contributed by atoms with Gasteiger partial charge in [0.15, 0.2) is 0 Å². The van der Waals surface area contributed by atoms with Crippen LogP contribution in [0, 0.1) is 0 Å². The Bertz CT molecular complexity index is 441. The second kappa shape index (κ2) is 7.23. The molecule has 2 heteroatoms. The highest BCUT2D eigenvalue weighted by Gasteiger charge is 2.05. The lowest BCUT2D eigenvalue weighted by Crippen LogP contribution is -2.05. The number of hydrogen-bond acceptors (Lipinski definition) is 2. The summed E-state index contributed by atoms with van der Waals surface area (Å²) in [5.41, 5.74) is 2.61. The van der Waals surface area contributed by atoms with Crippen molar-refractivity contribution < 1.29 is 5.21 Å². The van der Waals surface area contributed by atoms with Gasteiger partial charge in [-0.25, -0.2) is 0 Å². The van der Waals surface area contributed by atoms with Gasteiger partial charge in [-0.3, -0.25) is 0 Å². The smallest absolute Gasteiger partial charge is 0.0911 e. The summed E-state index contributed by atoms with van der Waals surface area (Å²) in [5, 5.41) is 12.5. The fourth-order valence-corrected chi connectivity index (χ4v) is 1.54. The lowest BCUT2D eigenvalue weighted by atomic mass is 10.0. The molecule has 1 aromatic rings. The third kappa shape index (κ3) is 4.11. The van der Waals surface area contributed by atoms with E-state index in [4.69, 9.17) is 5.21 Å². The zero-order chi connectivity index (χ0) is 12.5. The Morgan fingerprint density at radius 3 is 2.59 bits per heavy atom. The number of benzene rings is 1. The fourth-order valence-electron chi connectivity index (χ4n) is 1.54. The van der Waals surface area contributed by atoms with Crippen LogP contribution in [-0.4, -0.2) is 10.9 Å². The molecule has 0 aliphatic carbocycles. The molecule has 0 radical (unpaired) electrons. The maximum atomic E-state index is 9.09. The Labute approximate surface area is 102 Å². The molecule has 17 heavy (non-hydrogen) atoms. The molecule has 0 atom stereocenters. The van der Waals surface area contributed by atoms with Gasteiger partial charge in [0.05, 0.1) is 5.71 Å².